The number of pyridine rings is 1. The van der Waals surface area contributed by atoms with Crippen molar-refractivity contribution in [3.05, 3.63) is 22.8 Å². The van der Waals surface area contributed by atoms with Gasteiger partial charge in [0.15, 0.2) is 0 Å². The number of hydrogen-bond acceptors (Lipinski definition) is 4. The van der Waals surface area contributed by atoms with Crippen LogP contribution in [0, 0.1) is 5.92 Å². The third kappa shape index (κ3) is 4.31. The maximum atomic E-state index is 6.28. The summed E-state index contributed by atoms with van der Waals surface area (Å²) in [6.45, 7) is 12.8. The van der Waals surface area contributed by atoms with E-state index < -0.39 is 0 Å². The maximum absolute atomic E-state index is 6.28. The van der Waals surface area contributed by atoms with E-state index in [4.69, 9.17) is 16.3 Å². The van der Waals surface area contributed by atoms with Gasteiger partial charge in [-0.15, -0.1) is 0 Å². The van der Waals surface area contributed by atoms with E-state index in [0.717, 1.165) is 49.3 Å². The molecule has 0 aromatic carbocycles. The van der Waals surface area contributed by atoms with Crippen molar-refractivity contribution in [2.75, 3.05) is 31.2 Å². The fraction of sp³-hybridized carbons (Fsp3) is 0.688. The molecular weight excluding hydrogens is 286 g/mol. The summed E-state index contributed by atoms with van der Waals surface area (Å²) in [5.41, 5.74) is 1.06. The van der Waals surface area contributed by atoms with Crippen LogP contribution in [0.2, 0.25) is 5.02 Å². The molecular formula is C16H26ClN3O. The zero-order valence-corrected chi connectivity index (χ0v) is 14.2. The maximum Gasteiger partial charge on any atom is 0.129 e. The molecule has 0 atom stereocenters. The van der Waals surface area contributed by atoms with Gasteiger partial charge in [0.25, 0.3) is 0 Å². The van der Waals surface area contributed by atoms with Gasteiger partial charge in [-0.05, 0) is 37.9 Å². The first-order chi connectivity index (χ1) is 9.90. The zero-order chi connectivity index (χ0) is 15.5. The van der Waals surface area contributed by atoms with E-state index >= 15 is 0 Å². The summed E-state index contributed by atoms with van der Waals surface area (Å²) in [5, 5.41) is 4.16. The van der Waals surface area contributed by atoms with Gasteiger partial charge in [-0.3, -0.25) is 0 Å². The molecule has 1 aromatic heterocycles. The van der Waals surface area contributed by atoms with Gasteiger partial charge < -0.3 is 15.0 Å². The van der Waals surface area contributed by atoms with E-state index in [-0.39, 0.29) is 5.54 Å². The molecule has 0 aliphatic carbocycles. The lowest BCUT2D eigenvalue weighted by atomic mass is 10.0. The average Bonchev–Trinajstić information content (AvgIpc) is 2.40. The van der Waals surface area contributed by atoms with Gasteiger partial charge in [-0.1, -0.05) is 25.4 Å². The summed E-state index contributed by atoms with van der Waals surface area (Å²) in [6.07, 6.45) is 1.76. The van der Waals surface area contributed by atoms with Crippen LogP contribution >= 0.6 is 11.6 Å². The smallest absolute Gasteiger partial charge is 0.129 e. The van der Waals surface area contributed by atoms with Crippen molar-refractivity contribution in [3.8, 4) is 0 Å². The van der Waals surface area contributed by atoms with Crippen LogP contribution in [-0.4, -0.2) is 36.8 Å². The van der Waals surface area contributed by atoms with Crippen molar-refractivity contribution in [2.24, 2.45) is 5.92 Å². The van der Waals surface area contributed by atoms with Crippen molar-refractivity contribution in [2.45, 2.75) is 39.8 Å². The van der Waals surface area contributed by atoms with E-state index in [1.165, 1.54) is 0 Å². The van der Waals surface area contributed by atoms with Gasteiger partial charge in [0.05, 0.1) is 23.8 Å². The van der Waals surface area contributed by atoms with Gasteiger partial charge in [0.1, 0.15) is 5.82 Å². The molecule has 1 aromatic rings. The second-order valence-corrected chi connectivity index (χ2v) is 7.08. The lowest BCUT2D eigenvalue weighted by molar-refractivity contribution is 0.0639. The molecule has 21 heavy (non-hydrogen) atoms. The molecule has 2 rings (SSSR count). The summed E-state index contributed by atoms with van der Waals surface area (Å²) in [5.74, 6) is 1.61. The molecule has 1 fully saturated rings. The molecule has 4 nitrogen and oxygen atoms in total. The highest BCUT2D eigenvalue weighted by Crippen LogP contribution is 2.28. The second kappa shape index (κ2) is 6.95. The predicted octanol–water partition coefficient (Wildman–Crippen LogP) is 3.10. The topological polar surface area (TPSA) is 37.4 Å². The van der Waals surface area contributed by atoms with E-state index in [2.05, 4.69) is 49.0 Å². The zero-order valence-electron chi connectivity index (χ0n) is 13.4. The fourth-order valence-corrected chi connectivity index (χ4v) is 2.70. The number of nitrogens with one attached hydrogen (secondary N) is 1. The number of morpholine rings is 1. The van der Waals surface area contributed by atoms with Crippen molar-refractivity contribution >= 4 is 17.4 Å². The standard InChI is InChI=1S/C16H26ClN3O/c1-12(2)8-18-9-13-7-15(19-10-14(13)17)20-5-6-21-11-16(20,3)4/h7,10,12,18H,5-6,8-9,11H2,1-4H3. The van der Waals surface area contributed by atoms with Crippen molar-refractivity contribution in [3.63, 3.8) is 0 Å². The Hall–Kier alpha value is -0.840. The molecule has 0 spiro atoms. The van der Waals surface area contributed by atoms with Gasteiger partial charge in [-0.25, -0.2) is 4.98 Å². The number of rotatable bonds is 5. The van der Waals surface area contributed by atoms with Crippen molar-refractivity contribution < 1.29 is 4.74 Å². The van der Waals surface area contributed by atoms with E-state index in [0.29, 0.717) is 5.92 Å². The molecule has 118 valence electrons. The Bertz CT molecular complexity index is 477. The Balaban J connectivity index is 2.13. The monoisotopic (exact) mass is 311 g/mol. The minimum atomic E-state index is -0.0400. The largest absolute Gasteiger partial charge is 0.377 e. The van der Waals surface area contributed by atoms with Crippen LogP contribution in [0.3, 0.4) is 0 Å². The molecule has 0 amide bonds. The Labute approximate surface area is 132 Å². The summed E-state index contributed by atoms with van der Waals surface area (Å²) < 4.78 is 5.57. The van der Waals surface area contributed by atoms with Crippen LogP contribution in [0.4, 0.5) is 5.82 Å². The molecule has 1 aliphatic rings. The highest BCUT2D eigenvalue weighted by atomic mass is 35.5. The van der Waals surface area contributed by atoms with Gasteiger partial charge >= 0.3 is 0 Å². The molecule has 2 heterocycles. The quantitative estimate of drug-likeness (QED) is 0.906. The van der Waals surface area contributed by atoms with Gasteiger partial charge in [0, 0.05) is 19.3 Å². The molecule has 5 heteroatoms. The SMILES string of the molecule is CC(C)CNCc1cc(N2CCOCC2(C)C)ncc1Cl. The number of anilines is 1. The fourth-order valence-electron chi connectivity index (χ4n) is 2.53. The summed E-state index contributed by atoms with van der Waals surface area (Å²) in [7, 11) is 0. The van der Waals surface area contributed by atoms with Crippen molar-refractivity contribution in [1.29, 1.82) is 0 Å². The number of aromatic nitrogens is 1. The third-order valence-corrected chi connectivity index (χ3v) is 4.05. The summed E-state index contributed by atoms with van der Waals surface area (Å²) in [6, 6.07) is 2.10. The molecule has 1 N–H and O–H groups in total. The average molecular weight is 312 g/mol. The van der Waals surface area contributed by atoms with Crippen LogP contribution < -0.4 is 10.2 Å². The van der Waals surface area contributed by atoms with Crippen LogP contribution in [0.1, 0.15) is 33.3 Å². The number of hydrogen-bond donors (Lipinski definition) is 1. The number of nitrogens with zero attached hydrogens (tertiary/aromatic N) is 2. The Morgan fingerprint density at radius 3 is 2.90 bits per heavy atom. The predicted molar refractivity (Wildman–Crippen MR) is 88.0 cm³/mol. The molecule has 1 aliphatic heterocycles. The number of halogens is 1. The Morgan fingerprint density at radius 1 is 1.48 bits per heavy atom. The molecule has 0 bridgehead atoms. The molecule has 0 saturated carbocycles. The Kier molecular flexibility index (Phi) is 5.47. The third-order valence-electron chi connectivity index (χ3n) is 3.71. The van der Waals surface area contributed by atoms with Crippen LogP contribution in [0.5, 0.6) is 0 Å². The van der Waals surface area contributed by atoms with Gasteiger partial charge in [0.2, 0.25) is 0 Å². The Morgan fingerprint density at radius 2 is 2.24 bits per heavy atom. The van der Waals surface area contributed by atoms with E-state index in [9.17, 15) is 0 Å². The minimum absolute atomic E-state index is 0.0400. The van der Waals surface area contributed by atoms with Crippen LogP contribution in [-0.2, 0) is 11.3 Å². The minimum Gasteiger partial charge on any atom is -0.377 e. The van der Waals surface area contributed by atoms with E-state index in [1.54, 1.807) is 6.20 Å². The van der Waals surface area contributed by atoms with Crippen LogP contribution in [0.25, 0.3) is 0 Å². The normalized spacial score (nSPS) is 18.3. The summed E-state index contributed by atoms with van der Waals surface area (Å²) in [4.78, 5) is 6.82. The number of ether oxygens (including phenoxy) is 1. The molecule has 1 saturated heterocycles. The second-order valence-electron chi connectivity index (χ2n) is 6.68. The highest BCUT2D eigenvalue weighted by Gasteiger charge is 2.31. The van der Waals surface area contributed by atoms with E-state index in [1.807, 2.05) is 0 Å². The highest BCUT2D eigenvalue weighted by molar-refractivity contribution is 6.31. The first kappa shape index (κ1) is 16.5. The molecule has 0 unspecified atom stereocenters. The lowest BCUT2D eigenvalue weighted by Crippen LogP contribution is -2.53. The van der Waals surface area contributed by atoms with Crippen LogP contribution in [0.15, 0.2) is 12.3 Å². The van der Waals surface area contributed by atoms with Gasteiger partial charge in [-0.2, -0.15) is 0 Å². The first-order valence-electron chi connectivity index (χ1n) is 7.60. The summed E-state index contributed by atoms with van der Waals surface area (Å²) >= 11 is 6.28. The molecule has 0 radical (unpaired) electrons. The lowest BCUT2D eigenvalue weighted by Gasteiger charge is -2.43. The first-order valence-corrected chi connectivity index (χ1v) is 7.98. The van der Waals surface area contributed by atoms with Crippen molar-refractivity contribution in [1.82, 2.24) is 10.3 Å².